The van der Waals surface area contributed by atoms with Gasteiger partial charge in [-0.05, 0) is 32.4 Å². The van der Waals surface area contributed by atoms with Gasteiger partial charge in [-0.3, -0.25) is 14.0 Å². The minimum Gasteiger partial charge on any atom is -0.490 e. The molecule has 7 heteroatoms. The minimum atomic E-state index is -0.919. The number of ether oxygens (including phenoxy) is 1. The number of carbonyl (C=O) groups is 2. The average molecular weight is 333 g/mol. The van der Waals surface area contributed by atoms with Gasteiger partial charge in [0, 0.05) is 19.3 Å². The zero-order valence-corrected chi connectivity index (χ0v) is 14.3. The van der Waals surface area contributed by atoms with Crippen molar-refractivity contribution in [2.75, 3.05) is 19.7 Å². The third kappa shape index (κ3) is 3.67. The summed E-state index contributed by atoms with van der Waals surface area (Å²) in [5, 5.41) is 8.89. The maximum atomic E-state index is 12.9. The summed E-state index contributed by atoms with van der Waals surface area (Å²) in [7, 11) is 0. The molecule has 2 rings (SSSR count). The molecule has 2 aromatic rings. The molecule has 1 N–H and O–H groups in total. The van der Waals surface area contributed by atoms with Crippen molar-refractivity contribution in [3.63, 3.8) is 0 Å². The van der Waals surface area contributed by atoms with Gasteiger partial charge >= 0.3 is 5.97 Å². The Kier molecular flexibility index (Phi) is 5.78. The number of carboxylic acid groups (broad SMARTS) is 1. The third-order valence-corrected chi connectivity index (χ3v) is 3.67. The van der Waals surface area contributed by atoms with Crippen molar-refractivity contribution in [3.05, 3.63) is 29.7 Å². The van der Waals surface area contributed by atoms with Crippen LogP contribution < -0.4 is 4.74 Å². The average Bonchev–Trinajstić information content (AvgIpc) is 2.88. The second-order valence-electron chi connectivity index (χ2n) is 5.48. The van der Waals surface area contributed by atoms with Gasteiger partial charge in [-0.15, -0.1) is 0 Å². The second-order valence-corrected chi connectivity index (χ2v) is 5.48. The van der Waals surface area contributed by atoms with Gasteiger partial charge in [0.2, 0.25) is 0 Å². The Bertz CT molecular complexity index is 739. The quantitative estimate of drug-likeness (QED) is 0.802. The first-order chi connectivity index (χ1) is 11.5. The summed E-state index contributed by atoms with van der Waals surface area (Å²) in [5.74, 6) is -0.510. The first-order valence-corrected chi connectivity index (χ1v) is 8.11. The highest BCUT2D eigenvalue weighted by molar-refractivity contribution is 5.95. The third-order valence-electron chi connectivity index (χ3n) is 3.67. The van der Waals surface area contributed by atoms with Gasteiger partial charge in [0.25, 0.3) is 5.91 Å². The van der Waals surface area contributed by atoms with E-state index in [4.69, 9.17) is 9.84 Å². The topological polar surface area (TPSA) is 84.1 Å². The molecule has 0 radical (unpaired) electrons. The smallest absolute Gasteiger partial charge is 0.305 e. The summed E-state index contributed by atoms with van der Waals surface area (Å²) in [6, 6.07) is 3.62. The fourth-order valence-electron chi connectivity index (χ4n) is 2.65. The van der Waals surface area contributed by atoms with Crippen LogP contribution in [0.4, 0.5) is 0 Å². The van der Waals surface area contributed by atoms with Gasteiger partial charge in [-0.2, -0.15) is 0 Å². The van der Waals surface area contributed by atoms with E-state index in [-0.39, 0.29) is 18.9 Å². The zero-order chi connectivity index (χ0) is 17.7. The van der Waals surface area contributed by atoms with Crippen molar-refractivity contribution in [3.8, 4) is 5.75 Å². The van der Waals surface area contributed by atoms with Gasteiger partial charge in [0.05, 0.1) is 18.7 Å². The molecule has 0 atom stereocenters. The fourth-order valence-corrected chi connectivity index (χ4v) is 2.65. The van der Waals surface area contributed by atoms with Crippen molar-refractivity contribution in [2.45, 2.75) is 33.6 Å². The van der Waals surface area contributed by atoms with Crippen LogP contribution in [-0.2, 0) is 4.79 Å². The number of fused-ring (bicyclic) bond motifs is 1. The predicted molar refractivity (Wildman–Crippen MR) is 89.5 cm³/mol. The normalized spacial score (nSPS) is 10.8. The van der Waals surface area contributed by atoms with Crippen LogP contribution in [0, 0.1) is 6.92 Å². The molecule has 2 aromatic heterocycles. The SMILES string of the molecule is CCCN(CCC(=O)O)C(=O)c1c(C)nc2c(OCC)cccn12. The molecule has 0 spiro atoms. The molecule has 7 nitrogen and oxygen atoms in total. The highest BCUT2D eigenvalue weighted by Crippen LogP contribution is 2.23. The number of nitrogens with zero attached hydrogens (tertiary/aromatic N) is 3. The molecule has 1 amide bonds. The van der Waals surface area contributed by atoms with E-state index in [1.807, 2.05) is 19.9 Å². The molecule has 24 heavy (non-hydrogen) atoms. The van der Waals surface area contributed by atoms with Crippen LogP contribution in [0.3, 0.4) is 0 Å². The van der Waals surface area contributed by atoms with Gasteiger partial charge < -0.3 is 14.7 Å². The van der Waals surface area contributed by atoms with Crippen LogP contribution in [0.15, 0.2) is 18.3 Å². The van der Waals surface area contributed by atoms with Crippen molar-refractivity contribution in [1.82, 2.24) is 14.3 Å². The van der Waals surface area contributed by atoms with E-state index >= 15 is 0 Å². The fraction of sp³-hybridized carbons (Fsp3) is 0.471. The number of carboxylic acids is 1. The van der Waals surface area contributed by atoms with Crippen LogP contribution in [0.5, 0.6) is 5.75 Å². The number of carbonyl (C=O) groups excluding carboxylic acids is 1. The van der Waals surface area contributed by atoms with Crippen LogP contribution in [0.1, 0.15) is 42.9 Å². The number of imidazole rings is 1. The van der Waals surface area contributed by atoms with Crippen LogP contribution in [-0.4, -0.2) is 51.0 Å². The summed E-state index contributed by atoms with van der Waals surface area (Å²) in [4.78, 5) is 29.8. The van der Waals surface area contributed by atoms with E-state index in [0.717, 1.165) is 6.42 Å². The number of hydrogen-bond acceptors (Lipinski definition) is 4. The van der Waals surface area contributed by atoms with Crippen molar-refractivity contribution >= 4 is 17.5 Å². The standard InChI is InChI=1S/C17H23N3O4/c1-4-9-19(11-8-14(21)22)17(23)15-12(3)18-16-13(24-5-2)7-6-10-20(15)16/h6-7,10H,4-5,8-9,11H2,1-3H3,(H,21,22). The molecule has 0 aromatic carbocycles. The summed E-state index contributed by atoms with van der Waals surface area (Å²) in [5.41, 5.74) is 1.64. The minimum absolute atomic E-state index is 0.0777. The van der Waals surface area contributed by atoms with Gasteiger partial charge in [0.15, 0.2) is 11.4 Å². The molecule has 2 heterocycles. The Morgan fingerprint density at radius 1 is 1.33 bits per heavy atom. The van der Waals surface area contributed by atoms with E-state index in [2.05, 4.69) is 4.98 Å². The second kappa shape index (κ2) is 7.81. The maximum absolute atomic E-state index is 12.9. The lowest BCUT2D eigenvalue weighted by Crippen LogP contribution is -2.34. The zero-order valence-electron chi connectivity index (χ0n) is 14.3. The predicted octanol–water partition coefficient (Wildman–Crippen LogP) is 2.37. The van der Waals surface area contributed by atoms with E-state index in [1.54, 1.807) is 28.5 Å². The molecule has 0 aliphatic rings. The number of aliphatic carboxylic acids is 1. The number of hydrogen-bond donors (Lipinski definition) is 1. The molecule has 0 saturated heterocycles. The van der Waals surface area contributed by atoms with E-state index < -0.39 is 5.97 Å². The number of aromatic nitrogens is 2. The Labute approximate surface area is 140 Å². The summed E-state index contributed by atoms with van der Waals surface area (Å²) < 4.78 is 7.28. The molecule has 0 aliphatic heterocycles. The van der Waals surface area contributed by atoms with Gasteiger partial charge in [-0.25, -0.2) is 4.98 Å². The van der Waals surface area contributed by atoms with Gasteiger partial charge in [-0.1, -0.05) is 6.92 Å². The largest absolute Gasteiger partial charge is 0.490 e. The van der Waals surface area contributed by atoms with Crippen molar-refractivity contribution < 1.29 is 19.4 Å². The Morgan fingerprint density at radius 3 is 2.71 bits per heavy atom. The lowest BCUT2D eigenvalue weighted by atomic mass is 10.2. The number of pyridine rings is 1. The van der Waals surface area contributed by atoms with Crippen molar-refractivity contribution in [1.29, 1.82) is 0 Å². The van der Waals surface area contributed by atoms with Crippen LogP contribution in [0.25, 0.3) is 5.65 Å². The first-order valence-electron chi connectivity index (χ1n) is 8.11. The van der Waals surface area contributed by atoms with E-state index in [9.17, 15) is 9.59 Å². The Morgan fingerprint density at radius 2 is 2.08 bits per heavy atom. The number of rotatable bonds is 8. The Balaban J connectivity index is 2.41. The molecule has 0 bridgehead atoms. The monoisotopic (exact) mass is 333 g/mol. The highest BCUT2D eigenvalue weighted by Gasteiger charge is 2.23. The van der Waals surface area contributed by atoms with Crippen molar-refractivity contribution in [2.24, 2.45) is 0 Å². The molecular weight excluding hydrogens is 310 g/mol. The lowest BCUT2D eigenvalue weighted by Gasteiger charge is -2.21. The molecule has 0 saturated carbocycles. The van der Waals surface area contributed by atoms with E-state index in [1.165, 1.54) is 0 Å². The molecule has 0 aliphatic carbocycles. The first kappa shape index (κ1) is 17.8. The maximum Gasteiger partial charge on any atom is 0.305 e. The van der Waals surface area contributed by atoms with Crippen LogP contribution in [0.2, 0.25) is 0 Å². The summed E-state index contributed by atoms with van der Waals surface area (Å²) in [6.45, 7) is 6.81. The lowest BCUT2D eigenvalue weighted by molar-refractivity contribution is -0.137. The summed E-state index contributed by atoms with van der Waals surface area (Å²) in [6.07, 6.45) is 2.45. The van der Waals surface area contributed by atoms with E-state index in [0.29, 0.717) is 35.9 Å². The highest BCUT2D eigenvalue weighted by atomic mass is 16.5. The molecule has 130 valence electrons. The Hall–Kier alpha value is -2.57. The van der Waals surface area contributed by atoms with Crippen LogP contribution >= 0.6 is 0 Å². The number of aryl methyl sites for hydroxylation is 1. The molecular formula is C17H23N3O4. The molecule has 0 fully saturated rings. The number of amides is 1. The van der Waals surface area contributed by atoms with Gasteiger partial charge in [0.1, 0.15) is 5.69 Å². The molecule has 0 unspecified atom stereocenters. The summed E-state index contributed by atoms with van der Waals surface area (Å²) >= 11 is 0.